The fourth-order valence-corrected chi connectivity index (χ4v) is 4.96. The molecule has 29 heavy (non-hydrogen) atoms. The van der Waals surface area contributed by atoms with Gasteiger partial charge in [0, 0.05) is 11.6 Å². The van der Waals surface area contributed by atoms with Gasteiger partial charge in [0.1, 0.15) is 11.5 Å². The predicted molar refractivity (Wildman–Crippen MR) is 116 cm³/mol. The molecule has 3 atom stereocenters. The molecule has 4 heteroatoms. The molecule has 0 bridgehead atoms. The van der Waals surface area contributed by atoms with Crippen LogP contribution in [0.3, 0.4) is 0 Å². The van der Waals surface area contributed by atoms with Crippen LogP contribution in [0.2, 0.25) is 0 Å². The molecule has 0 amide bonds. The van der Waals surface area contributed by atoms with E-state index in [1.165, 1.54) is 16.7 Å². The van der Waals surface area contributed by atoms with E-state index >= 15 is 0 Å². The Bertz CT molecular complexity index is 865. The van der Waals surface area contributed by atoms with Crippen molar-refractivity contribution in [2.24, 2.45) is 11.7 Å². The van der Waals surface area contributed by atoms with Crippen LogP contribution in [0.15, 0.2) is 36.4 Å². The lowest BCUT2D eigenvalue weighted by Gasteiger charge is -2.26. The zero-order valence-electron chi connectivity index (χ0n) is 17.6. The first-order valence-electron chi connectivity index (χ1n) is 10.8. The van der Waals surface area contributed by atoms with Gasteiger partial charge in [-0.25, -0.2) is 0 Å². The van der Waals surface area contributed by atoms with E-state index in [9.17, 15) is 5.11 Å². The summed E-state index contributed by atoms with van der Waals surface area (Å²) in [4.78, 5) is 0. The minimum absolute atomic E-state index is 0.0862. The summed E-state index contributed by atoms with van der Waals surface area (Å²) >= 11 is 0. The molecule has 0 aromatic heterocycles. The van der Waals surface area contributed by atoms with Crippen LogP contribution in [-0.2, 0) is 12.8 Å². The highest BCUT2D eigenvalue weighted by molar-refractivity contribution is 5.38. The maximum Gasteiger partial charge on any atom is 0.123 e. The van der Waals surface area contributed by atoms with Crippen LogP contribution in [0.4, 0.5) is 0 Å². The van der Waals surface area contributed by atoms with Crippen LogP contribution >= 0.6 is 0 Å². The van der Waals surface area contributed by atoms with E-state index in [1.807, 2.05) is 12.1 Å². The summed E-state index contributed by atoms with van der Waals surface area (Å²) in [6.07, 6.45) is 6.20. The third kappa shape index (κ3) is 4.59. The zero-order chi connectivity index (χ0) is 20.4. The predicted octanol–water partition coefficient (Wildman–Crippen LogP) is 4.14. The fourth-order valence-electron chi connectivity index (χ4n) is 4.96. The molecule has 2 aromatic rings. The molecule has 4 rings (SSSR count). The first-order valence-corrected chi connectivity index (χ1v) is 10.8. The first kappa shape index (κ1) is 20.2. The standard InChI is InChI=1S/C25H33NO3/c1-17-9-23(28-2)13-24(10-17)29-15-18-3-4-20-12-21(6-5-19(20)11-18)22-7-8-25(26,14-22)16-27/h5-6,9-10,12-13,18,22,27H,3-4,7-8,11,14-16,26H2,1-2H3/t18-,22+,25-/m1/s1. The number of benzene rings is 2. The Kier molecular flexibility index (Phi) is 5.84. The van der Waals surface area contributed by atoms with Crippen molar-refractivity contribution in [1.82, 2.24) is 0 Å². The van der Waals surface area contributed by atoms with Gasteiger partial charge in [-0.1, -0.05) is 18.2 Å². The molecule has 0 radical (unpaired) electrons. The maximum atomic E-state index is 9.54. The molecule has 2 aliphatic carbocycles. The van der Waals surface area contributed by atoms with Crippen LogP contribution in [0.25, 0.3) is 0 Å². The summed E-state index contributed by atoms with van der Waals surface area (Å²) in [6.45, 7) is 2.88. The number of rotatable bonds is 6. The van der Waals surface area contributed by atoms with Gasteiger partial charge in [-0.2, -0.15) is 0 Å². The van der Waals surface area contributed by atoms with Gasteiger partial charge >= 0.3 is 0 Å². The summed E-state index contributed by atoms with van der Waals surface area (Å²) in [5, 5.41) is 9.54. The zero-order valence-corrected chi connectivity index (χ0v) is 17.6. The molecule has 0 unspecified atom stereocenters. The smallest absolute Gasteiger partial charge is 0.123 e. The number of aliphatic hydroxyl groups is 1. The van der Waals surface area contributed by atoms with Crippen LogP contribution in [0, 0.1) is 12.8 Å². The summed E-state index contributed by atoms with van der Waals surface area (Å²) in [5.74, 6) is 2.75. The first-order chi connectivity index (χ1) is 14.0. The molecule has 1 fully saturated rings. The van der Waals surface area contributed by atoms with Crippen molar-refractivity contribution in [2.75, 3.05) is 20.3 Å². The highest BCUT2D eigenvalue weighted by Gasteiger charge is 2.36. The summed E-state index contributed by atoms with van der Waals surface area (Å²) in [7, 11) is 1.69. The molecular formula is C25H33NO3. The molecule has 2 aliphatic rings. The molecule has 0 heterocycles. The number of ether oxygens (including phenoxy) is 2. The van der Waals surface area contributed by atoms with Gasteiger partial charge in [0.05, 0.1) is 20.3 Å². The van der Waals surface area contributed by atoms with Gasteiger partial charge in [-0.05, 0) is 91.7 Å². The molecule has 0 spiro atoms. The van der Waals surface area contributed by atoms with Crippen LogP contribution in [0.5, 0.6) is 11.5 Å². The van der Waals surface area contributed by atoms with Gasteiger partial charge in [0.2, 0.25) is 0 Å². The molecule has 0 saturated heterocycles. The van der Waals surface area contributed by atoms with Crippen molar-refractivity contribution >= 4 is 0 Å². The van der Waals surface area contributed by atoms with Crippen LogP contribution in [-0.4, -0.2) is 31.0 Å². The van der Waals surface area contributed by atoms with E-state index in [4.69, 9.17) is 15.2 Å². The highest BCUT2D eigenvalue weighted by atomic mass is 16.5. The Morgan fingerprint density at radius 2 is 1.93 bits per heavy atom. The second-order valence-corrected chi connectivity index (χ2v) is 9.09. The third-order valence-corrected chi connectivity index (χ3v) is 6.74. The van der Waals surface area contributed by atoms with Gasteiger partial charge in [0.25, 0.3) is 0 Å². The average molecular weight is 396 g/mol. The quantitative estimate of drug-likeness (QED) is 0.771. The van der Waals surface area contributed by atoms with Crippen molar-refractivity contribution in [1.29, 1.82) is 0 Å². The number of hydrogen-bond acceptors (Lipinski definition) is 4. The molecule has 1 saturated carbocycles. The van der Waals surface area contributed by atoms with E-state index in [1.54, 1.807) is 7.11 Å². The minimum atomic E-state index is -0.387. The highest BCUT2D eigenvalue weighted by Crippen LogP contribution is 2.40. The van der Waals surface area contributed by atoms with E-state index in [0.717, 1.165) is 62.2 Å². The Morgan fingerprint density at radius 1 is 1.10 bits per heavy atom. The number of aliphatic hydroxyl groups excluding tert-OH is 1. The van der Waals surface area contributed by atoms with Crippen molar-refractivity contribution in [3.05, 3.63) is 58.7 Å². The van der Waals surface area contributed by atoms with Gasteiger partial charge in [-0.15, -0.1) is 0 Å². The largest absolute Gasteiger partial charge is 0.497 e. The van der Waals surface area contributed by atoms with Gasteiger partial charge in [-0.3, -0.25) is 0 Å². The summed E-state index contributed by atoms with van der Waals surface area (Å²) in [5.41, 5.74) is 11.4. The topological polar surface area (TPSA) is 64.7 Å². The lowest BCUT2D eigenvalue weighted by atomic mass is 9.82. The monoisotopic (exact) mass is 395 g/mol. The Morgan fingerprint density at radius 3 is 2.69 bits per heavy atom. The number of methoxy groups -OCH3 is 1. The molecule has 2 aromatic carbocycles. The van der Waals surface area contributed by atoms with E-state index in [0.29, 0.717) is 11.8 Å². The van der Waals surface area contributed by atoms with Gasteiger partial charge < -0.3 is 20.3 Å². The lowest BCUT2D eigenvalue weighted by Crippen LogP contribution is -2.40. The van der Waals surface area contributed by atoms with Crippen molar-refractivity contribution in [3.63, 3.8) is 0 Å². The Balaban J connectivity index is 1.38. The molecule has 0 aliphatic heterocycles. The van der Waals surface area contributed by atoms with E-state index in [2.05, 4.69) is 31.2 Å². The third-order valence-electron chi connectivity index (χ3n) is 6.74. The van der Waals surface area contributed by atoms with Crippen LogP contribution < -0.4 is 15.2 Å². The van der Waals surface area contributed by atoms with Crippen LogP contribution in [0.1, 0.15) is 53.9 Å². The normalized spacial score (nSPS) is 26.2. The summed E-state index contributed by atoms with van der Waals surface area (Å²) < 4.78 is 11.5. The molecular weight excluding hydrogens is 362 g/mol. The SMILES string of the molecule is COc1cc(C)cc(OC[C@@H]2CCc3cc([C@H]4CC[C@](N)(CO)C4)ccc3C2)c1. The van der Waals surface area contributed by atoms with Crippen molar-refractivity contribution < 1.29 is 14.6 Å². The number of aryl methyl sites for hydroxylation is 2. The number of nitrogens with two attached hydrogens (primary N) is 1. The summed E-state index contributed by atoms with van der Waals surface area (Å²) in [6, 6.07) is 13.0. The molecule has 156 valence electrons. The minimum Gasteiger partial charge on any atom is -0.497 e. The number of hydrogen-bond donors (Lipinski definition) is 2. The second-order valence-electron chi connectivity index (χ2n) is 9.09. The lowest BCUT2D eigenvalue weighted by molar-refractivity contribution is 0.198. The van der Waals surface area contributed by atoms with Crippen molar-refractivity contribution in [2.45, 2.75) is 56.9 Å². The van der Waals surface area contributed by atoms with E-state index < -0.39 is 0 Å². The fraction of sp³-hybridized carbons (Fsp3) is 0.520. The van der Waals surface area contributed by atoms with Gasteiger partial charge in [0.15, 0.2) is 0 Å². The second kappa shape index (κ2) is 8.37. The Labute approximate surface area is 174 Å². The van der Waals surface area contributed by atoms with E-state index in [-0.39, 0.29) is 12.1 Å². The maximum absolute atomic E-state index is 9.54. The molecule has 4 nitrogen and oxygen atoms in total. The average Bonchev–Trinajstić information content (AvgIpc) is 3.14. The van der Waals surface area contributed by atoms with Crippen molar-refractivity contribution in [3.8, 4) is 11.5 Å². The Hall–Kier alpha value is -2.04. The number of fused-ring (bicyclic) bond motifs is 1. The molecule has 3 N–H and O–H groups in total.